The number of halogens is 1. The first kappa shape index (κ1) is 21.6. The van der Waals surface area contributed by atoms with Gasteiger partial charge in [0.05, 0.1) is 10.5 Å². The SMILES string of the molecule is CCC1(C)OC(c2ccc(S(C)(=O)=O)cc2)=C(c2ccc(C(C)C)c(Cl)c2)C1=O. The van der Waals surface area contributed by atoms with Crippen LogP contribution in [0, 0.1) is 0 Å². The Labute approximate surface area is 177 Å². The van der Waals surface area contributed by atoms with Gasteiger partial charge in [-0.05, 0) is 60.7 Å². The highest BCUT2D eigenvalue weighted by Gasteiger charge is 2.45. The lowest BCUT2D eigenvalue weighted by Gasteiger charge is -2.21. The van der Waals surface area contributed by atoms with E-state index in [9.17, 15) is 13.2 Å². The van der Waals surface area contributed by atoms with Gasteiger partial charge in [-0.1, -0.05) is 44.5 Å². The molecule has 0 aromatic heterocycles. The van der Waals surface area contributed by atoms with Crippen molar-refractivity contribution in [1.82, 2.24) is 0 Å². The van der Waals surface area contributed by atoms with Crippen molar-refractivity contribution in [2.75, 3.05) is 6.26 Å². The summed E-state index contributed by atoms with van der Waals surface area (Å²) in [5, 5.41) is 0.606. The van der Waals surface area contributed by atoms with Crippen LogP contribution in [0.25, 0.3) is 11.3 Å². The van der Waals surface area contributed by atoms with Crippen LogP contribution in [-0.4, -0.2) is 26.1 Å². The van der Waals surface area contributed by atoms with E-state index in [1.165, 1.54) is 12.1 Å². The molecule has 3 rings (SSSR count). The van der Waals surface area contributed by atoms with E-state index in [0.717, 1.165) is 11.8 Å². The molecule has 1 atom stereocenters. The maximum Gasteiger partial charge on any atom is 0.210 e. The van der Waals surface area contributed by atoms with Crippen molar-refractivity contribution < 1.29 is 17.9 Å². The number of rotatable bonds is 5. The highest BCUT2D eigenvalue weighted by molar-refractivity contribution is 7.90. The lowest BCUT2D eigenvalue weighted by molar-refractivity contribution is -0.126. The highest BCUT2D eigenvalue weighted by Crippen LogP contribution is 2.44. The van der Waals surface area contributed by atoms with Gasteiger partial charge in [0.25, 0.3) is 0 Å². The summed E-state index contributed by atoms with van der Waals surface area (Å²) in [5.41, 5.74) is 1.87. The molecule has 0 spiro atoms. The van der Waals surface area contributed by atoms with Crippen molar-refractivity contribution in [1.29, 1.82) is 0 Å². The molecule has 0 saturated heterocycles. The Balaban J connectivity index is 2.18. The molecule has 29 heavy (non-hydrogen) atoms. The molecular formula is C23H25ClO4S. The van der Waals surface area contributed by atoms with Gasteiger partial charge in [-0.15, -0.1) is 0 Å². The summed E-state index contributed by atoms with van der Waals surface area (Å²) in [7, 11) is -3.31. The zero-order valence-electron chi connectivity index (χ0n) is 17.2. The smallest absolute Gasteiger partial charge is 0.210 e. The van der Waals surface area contributed by atoms with Gasteiger partial charge in [-0.2, -0.15) is 0 Å². The number of sulfone groups is 1. The number of hydrogen-bond donors (Lipinski definition) is 0. The molecule has 0 fully saturated rings. The standard InChI is InChI=1S/C23H25ClO4S/c1-6-23(4)22(25)20(16-9-12-18(14(2)3)19(24)13-16)21(28-23)15-7-10-17(11-8-15)29(5,26)27/h7-14H,6H2,1-5H3. The van der Waals surface area contributed by atoms with E-state index < -0.39 is 15.4 Å². The van der Waals surface area contributed by atoms with Gasteiger partial charge in [-0.3, -0.25) is 4.79 Å². The van der Waals surface area contributed by atoms with Crippen LogP contribution in [0.15, 0.2) is 47.4 Å². The number of Topliss-reactive ketones (excluding diaryl/α,β-unsaturated/α-hetero) is 1. The fourth-order valence-electron chi connectivity index (χ4n) is 3.39. The molecule has 6 heteroatoms. The lowest BCUT2D eigenvalue weighted by Crippen LogP contribution is -2.32. The minimum Gasteiger partial charge on any atom is -0.478 e. The number of hydrogen-bond acceptors (Lipinski definition) is 4. The second kappa shape index (κ2) is 7.62. The Morgan fingerprint density at radius 2 is 1.66 bits per heavy atom. The molecule has 0 saturated carbocycles. The molecule has 1 unspecified atom stereocenters. The number of ketones is 1. The van der Waals surface area contributed by atoms with Crippen LogP contribution in [0.2, 0.25) is 5.02 Å². The third kappa shape index (κ3) is 3.99. The molecule has 0 aliphatic carbocycles. The van der Waals surface area contributed by atoms with Crippen LogP contribution in [0.4, 0.5) is 0 Å². The largest absolute Gasteiger partial charge is 0.478 e. The minimum atomic E-state index is -3.31. The lowest BCUT2D eigenvalue weighted by atomic mass is 9.89. The van der Waals surface area contributed by atoms with E-state index in [4.69, 9.17) is 16.3 Å². The second-order valence-electron chi connectivity index (χ2n) is 7.91. The topological polar surface area (TPSA) is 60.4 Å². The van der Waals surface area contributed by atoms with Crippen molar-refractivity contribution in [3.05, 3.63) is 64.2 Å². The zero-order chi connectivity index (χ0) is 21.6. The van der Waals surface area contributed by atoms with Crippen molar-refractivity contribution in [2.24, 2.45) is 0 Å². The molecule has 2 aromatic rings. The second-order valence-corrected chi connectivity index (χ2v) is 10.3. The fourth-order valence-corrected chi connectivity index (χ4v) is 4.42. The van der Waals surface area contributed by atoms with Gasteiger partial charge >= 0.3 is 0 Å². The molecule has 1 aliphatic heterocycles. The Morgan fingerprint density at radius 1 is 1.07 bits per heavy atom. The van der Waals surface area contributed by atoms with Gasteiger partial charge in [0.1, 0.15) is 5.76 Å². The maximum absolute atomic E-state index is 13.3. The maximum atomic E-state index is 13.3. The van der Waals surface area contributed by atoms with E-state index in [-0.39, 0.29) is 16.6 Å². The summed E-state index contributed by atoms with van der Waals surface area (Å²) < 4.78 is 29.7. The minimum absolute atomic E-state index is 0.101. The van der Waals surface area contributed by atoms with Crippen LogP contribution < -0.4 is 0 Å². The Bertz CT molecular complexity index is 1100. The third-order valence-electron chi connectivity index (χ3n) is 5.39. The van der Waals surface area contributed by atoms with Crippen LogP contribution in [-0.2, 0) is 19.4 Å². The van der Waals surface area contributed by atoms with Crippen molar-refractivity contribution in [2.45, 2.75) is 50.5 Å². The quantitative estimate of drug-likeness (QED) is 0.625. The van der Waals surface area contributed by atoms with Crippen molar-refractivity contribution >= 4 is 38.6 Å². The molecule has 0 radical (unpaired) electrons. The number of benzene rings is 2. The molecular weight excluding hydrogens is 408 g/mol. The predicted molar refractivity (Wildman–Crippen MR) is 117 cm³/mol. The average Bonchev–Trinajstić information content (AvgIpc) is 2.92. The first-order valence-electron chi connectivity index (χ1n) is 9.56. The first-order valence-corrected chi connectivity index (χ1v) is 11.8. The number of carbonyl (C=O) groups excluding carboxylic acids is 1. The van der Waals surface area contributed by atoms with Crippen LogP contribution in [0.3, 0.4) is 0 Å². The van der Waals surface area contributed by atoms with Gasteiger partial charge in [0.2, 0.25) is 5.78 Å². The van der Waals surface area contributed by atoms with Crippen LogP contribution in [0.1, 0.15) is 56.7 Å². The molecule has 154 valence electrons. The summed E-state index contributed by atoms with van der Waals surface area (Å²) in [6, 6.07) is 12.0. The van der Waals surface area contributed by atoms with E-state index >= 15 is 0 Å². The molecule has 4 nitrogen and oxygen atoms in total. The number of carbonyl (C=O) groups is 1. The Hall–Kier alpha value is -2.11. The average molecular weight is 433 g/mol. The molecule has 0 bridgehead atoms. The molecule has 2 aromatic carbocycles. The molecule has 0 N–H and O–H groups in total. The number of ether oxygens (including phenoxy) is 1. The molecule has 1 heterocycles. The van der Waals surface area contributed by atoms with E-state index in [1.807, 2.05) is 19.1 Å². The summed E-state index contributed by atoms with van der Waals surface area (Å²) in [6.07, 6.45) is 1.67. The van der Waals surface area contributed by atoms with Gasteiger partial charge in [0.15, 0.2) is 15.4 Å². The van der Waals surface area contributed by atoms with E-state index in [1.54, 1.807) is 25.1 Å². The van der Waals surface area contributed by atoms with Crippen molar-refractivity contribution in [3.63, 3.8) is 0 Å². The summed E-state index contributed by atoms with van der Waals surface area (Å²) in [5.74, 6) is 0.619. The molecule has 0 amide bonds. The van der Waals surface area contributed by atoms with Gasteiger partial charge in [0, 0.05) is 16.8 Å². The highest BCUT2D eigenvalue weighted by atomic mass is 35.5. The molecule has 1 aliphatic rings. The van der Waals surface area contributed by atoms with Crippen LogP contribution in [0.5, 0.6) is 0 Å². The van der Waals surface area contributed by atoms with E-state index in [2.05, 4.69) is 13.8 Å². The summed E-state index contributed by atoms with van der Waals surface area (Å²) >= 11 is 6.48. The van der Waals surface area contributed by atoms with E-state index in [0.29, 0.717) is 33.9 Å². The first-order chi connectivity index (χ1) is 13.5. The summed E-state index contributed by atoms with van der Waals surface area (Å²) in [4.78, 5) is 13.5. The monoisotopic (exact) mass is 432 g/mol. The Kier molecular flexibility index (Phi) is 5.67. The predicted octanol–water partition coefficient (Wildman–Crippen LogP) is 5.50. The normalized spacial score (nSPS) is 19.8. The summed E-state index contributed by atoms with van der Waals surface area (Å²) in [6.45, 7) is 7.80. The zero-order valence-corrected chi connectivity index (χ0v) is 18.8. The fraction of sp³-hybridized carbons (Fsp3) is 0.348. The van der Waals surface area contributed by atoms with Crippen molar-refractivity contribution in [3.8, 4) is 0 Å². The Morgan fingerprint density at radius 3 is 2.14 bits per heavy atom. The van der Waals surface area contributed by atoms with Crippen LogP contribution >= 0.6 is 11.6 Å². The third-order valence-corrected chi connectivity index (χ3v) is 6.85. The van der Waals surface area contributed by atoms with Gasteiger partial charge < -0.3 is 4.74 Å². The van der Waals surface area contributed by atoms with Gasteiger partial charge in [-0.25, -0.2) is 8.42 Å².